The van der Waals surface area contributed by atoms with E-state index in [0.29, 0.717) is 42.1 Å². The average molecular weight is 452 g/mol. The van der Waals surface area contributed by atoms with Gasteiger partial charge >= 0.3 is 0 Å². The second-order valence-electron chi connectivity index (χ2n) is 8.21. The van der Waals surface area contributed by atoms with Gasteiger partial charge in [-0.2, -0.15) is 0 Å². The van der Waals surface area contributed by atoms with Gasteiger partial charge in [0.25, 0.3) is 11.8 Å². The summed E-state index contributed by atoms with van der Waals surface area (Å²) in [4.78, 5) is 29.6. The maximum atomic E-state index is 13.4. The molecule has 1 aliphatic rings. The van der Waals surface area contributed by atoms with Gasteiger partial charge in [0.1, 0.15) is 11.5 Å². The van der Waals surface area contributed by atoms with Gasteiger partial charge in [0.05, 0.1) is 19.9 Å². The van der Waals surface area contributed by atoms with Gasteiger partial charge in [-0.15, -0.1) is 0 Å². The van der Waals surface area contributed by atoms with Crippen molar-refractivity contribution in [2.45, 2.75) is 25.3 Å². The van der Waals surface area contributed by atoms with Crippen LogP contribution < -0.4 is 14.8 Å². The fourth-order valence-corrected chi connectivity index (χ4v) is 4.00. The first-order chi connectivity index (χ1) is 15.9. The van der Waals surface area contributed by atoms with Crippen molar-refractivity contribution in [2.75, 3.05) is 41.4 Å². The summed E-state index contributed by atoms with van der Waals surface area (Å²) in [7, 11) is 6.85. The molecule has 0 spiro atoms. The molecule has 2 aromatic carbocycles. The fourth-order valence-electron chi connectivity index (χ4n) is 4.00. The Morgan fingerprint density at radius 2 is 1.76 bits per heavy atom. The Morgan fingerprint density at radius 1 is 1.09 bits per heavy atom. The van der Waals surface area contributed by atoms with Crippen LogP contribution in [-0.2, 0) is 11.2 Å². The standard InChI is InChI=1S/C26H33N3O4/c1-28-14-8-11-24(28)25(30)27-13-12-21(15-19-9-6-5-7-10-19)29(2)26(31)20-16-22(32-3)18-23(17-20)33-4/h5-7,9-11,16-18,21H,8,12-15H2,1-4H3,(H,27,30)/t21-/m1/s1. The molecule has 0 aromatic heterocycles. The van der Waals surface area contributed by atoms with E-state index in [1.807, 2.05) is 36.2 Å². The van der Waals surface area contributed by atoms with Crippen molar-refractivity contribution in [3.05, 3.63) is 71.4 Å². The Hall–Kier alpha value is -3.48. The summed E-state index contributed by atoms with van der Waals surface area (Å²) in [6.07, 6.45) is 4.16. The summed E-state index contributed by atoms with van der Waals surface area (Å²) >= 11 is 0. The summed E-state index contributed by atoms with van der Waals surface area (Å²) in [5, 5.41) is 3.01. The highest BCUT2D eigenvalue weighted by atomic mass is 16.5. The van der Waals surface area contributed by atoms with E-state index in [0.717, 1.165) is 18.5 Å². The van der Waals surface area contributed by atoms with Gasteiger partial charge in [0.15, 0.2) is 0 Å². The zero-order valence-corrected chi connectivity index (χ0v) is 19.8. The number of amides is 2. The van der Waals surface area contributed by atoms with Crippen molar-refractivity contribution in [3.63, 3.8) is 0 Å². The van der Waals surface area contributed by atoms with E-state index in [2.05, 4.69) is 17.4 Å². The molecule has 33 heavy (non-hydrogen) atoms. The highest BCUT2D eigenvalue weighted by Crippen LogP contribution is 2.24. The molecule has 0 saturated heterocycles. The molecule has 0 aliphatic carbocycles. The lowest BCUT2D eigenvalue weighted by molar-refractivity contribution is -0.118. The molecule has 1 atom stereocenters. The Morgan fingerprint density at radius 3 is 2.33 bits per heavy atom. The van der Waals surface area contributed by atoms with Crippen LogP contribution in [0.4, 0.5) is 0 Å². The normalized spacial score (nSPS) is 13.8. The number of nitrogens with one attached hydrogen (secondary N) is 1. The molecule has 0 unspecified atom stereocenters. The molecule has 0 bridgehead atoms. The molecule has 176 valence electrons. The van der Waals surface area contributed by atoms with Gasteiger partial charge in [-0.1, -0.05) is 36.4 Å². The maximum absolute atomic E-state index is 13.4. The molecule has 7 heteroatoms. The molecular formula is C26H33N3O4. The molecule has 1 N–H and O–H groups in total. The highest BCUT2D eigenvalue weighted by molar-refractivity contribution is 5.95. The van der Waals surface area contributed by atoms with Crippen molar-refractivity contribution in [1.82, 2.24) is 15.1 Å². The molecule has 1 aliphatic heterocycles. The number of benzene rings is 2. The molecule has 1 heterocycles. The molecule has 7 nitrogen and oxygen atoms in total. The maximum Gasteiger partial charge on any atom is 0.267 e. The van der Waals surface area contributed by atoms with Crippen molar-refractivity contribution in [2.24, 2.45) is 0 Å². The van der Waals surface area contributed by atoms with Crippen LogP contribution in [-0.4, -0.2) is 69.1 Å². The zero-order valence-electron chi connectivity index (χ0n) is 19.8. The van der Waals surface area contributed by atoms with Crippen LogP contribution in [0.25, 0.3) is 0 Å². The van der Waals surface area contributed by atoms with Crippen molar-refractivity contribution in [1.29, 1.82) is 0 Å². The molecule has 0 fully saturated rings. The first kappa shape index (κ1) is 24.2. The van der Waals surface area contributed by atoms with Gasteiger partial charge < -0.3 is 24.6 Å². The summed E-state index contributed by atoms with van der Waals surface area (Å²) in [6, 6.07) is 15.1. The van der Waals surface area contributed by atoms with Crippen LogP contribution in [0.15, 0.2) is 60.3 Å². The summed E-state index contributed by atoms with van der Waals surface area (Å²) in [5.41, 5.74) is 2.34. The lowest BCUT2D eigenvalue weighted by Crippen LogP contribution is -2.41. The molecule has 2 aromatic rings. The average Bonchev–Trinajstić information content (AvgIpc) is 3.28. The molecular weight excluding hydrogens is 418 g/mol. The molecule has 0 radical (unpaired) electrons. The number of likely N-dealkylation sites (N-methyl/N-ethyl adjacent to an activating group) is 2. The van der Waals surface area contributed by atoms with E-state index in [4.69, 9.17) is 9.47 Å². The lowest BCUT2D eigenvalue weighted by atomic mass is 10.0. The minimum atomic E-state index is -0.127. The number of hydrogen-bond donors (Lipinski definition) is 1. The van der Waals surface area contributed by atoms with Crippen molar-refractivity contribution >= 4 is 11.8 Å². The zero-order chi connectivity index (χ0) is 23.8. The third kappa shape index (κ3) is 6.28. The third-order valence-corrected chi connectivity index (χ3v) is 5.99. The van der Waals surface area contributed by atoms with E-state index in [1.54, 1.807) is 44.4 Å². The first-order valence-electron chi connectivity index (χ1n) is 11.2. The number of methoxy groups -OCH3 is 2. The minimum absolute atomic E-state index is 0.0695. The van der Waals surface area contributed by atoms with Gasteiger partial charge in [0.2, 0.25) is 0 Å². The van der Waals surface area contributed by atoms with E-state index in [-0.39, 0.29) is 17.9 Å². The van der Waals surface area contributed by atoms with Crippen LogP contribution in [0.3, 0.4) is 0 Å². The fraction of sp³-hybridized carbons (Fsp3) is 0.385. The predicted octanol–water partition coefficient (Wildman–Crippen LogP) is 3.11. The monoisotopic (exact) mass is 451 g/mol. The Balaban J connectivity index is 1.74. The van der Waals surface area contributed by atoms with Gasteiger partial charge in [0, 0.05) is 44.9 Å². The highest BCUT2D eigenvalue weighted by Gasteiger charge is 2.24. The van der Waals surface area contributed by atoms with Gasteiger partial charge in [-0.05, 0) is 37.0 Å². The van der Waals surface area contributed by atoms with E-state index in [1.165, 1.54) is 0 Å². The topological polar surface area (TPSA) is 71.1 Å². The Labute approximate surface area is 196 Å². The molecule has 3 rings (SSSR count). The first-order valence-corrected chi connectivity index (χ1v) is 11.2. The molecule has 0 saturated carbocycles. The lowest BCUT2D eigenvalue weighted by Gasteiger charge is -2.29. The summed E-state index contributed by atoms with van der Waals surface area (Å²) in [6.45, 7) is 1.33. The van der Waals surface area contributed by atoms with Crippen LogP contribution in [0, 0.1) is 0 Å². The van der Waals surface area contributed by atoms with E-state index < -0.39 is 0 Å². The quantitative estimate of drug-likeness (QED) is 0.601. The number of carbonyl (C=O) groups is 2. The number of rotatable bonds is 10. The Kier molecular flexibility index (Phi) is 8.35. The number of ether oxygens (including phenoxy) is 2. The second-order valence-corrected chi connectivity index (χ2v) is 8.21. The molecule has 2 amide bonds. The SMILES string of the molecule is COc1cc(OC)cc(C(=O)N(C)[C@H](CCNC(=O)C2=CCCN2C)Cc2ccccc2)c1. The van der Waals surface area contributed by atoms with Crippen LogP contribution in [0.1, 0.15) is 28.8 Å². The minimum Gasteiger partial charge on any atom is -0.497 e. The third-order valence-electron chi connectivity index (χ3n) is 5.99. The predicted molar refractivity (Wildman–Crippen MR) is 129 cm³/mol. The second kappa shape index (κ2) is 11.4. The van der Waals surface area contributed by atoms with Gasteiger partial charge in [-0.25, -0.2) is 0 Å². The van der Waals surface area contributed by atoms with Crippen LogP contribution in [0.5, 0.6) is 11.5 Å². The van der Waals surface area contributed by atoms with Crippen molar-refractivity contribution in [3.8, 4) is 11.5 Å². The summed E-state index contributed by atoms with van der Waals surface area (Å²) < 4.78 is 10.6. The van der Waals surface area contributed by atoms with Crippen molar-refractivity contribution < 1.29 is 19.1 Å². The van der Waals surface area contributed by atoms with Gasteiger partial charge in [-0.3, -0.25) is 9.59 Å². The van der Waals surface area contributed by atoms with Crippen LogP contribution in [0.2, 0.25) is 0 Å². The van der Waals surface area contributed by atoms with Crippen LogP contribution >= 0.6 is 0 Å². The largest absolute Gasteiger partial charge is 0.497 e. The van der Waals surface area contributed by atoms with E-state index in [9.17, 15) is 9.59 Å². The number of hydrogen-bond acceptors (Lipinski definition) is 5. The Bertz CT molecular complexity index is 968. The number of carbonyl (C=O) groups excluding carboxylic acids is 2. The smallest absolute Gasteiger partial charge is 0.267 e. The van der Waals surface area contributed by atoms with E-state index >= 15 is 0 Å². The number of nitrogens with zero attached hydrogens (tertiary/aromatic N) is 2. The summed E-state index contributed by atoms with van der Waals surface area (Å²) in [5.74, 6) is 0.927.